The number of aromatic nitrogens is 4. The lowest BCUT2D eigenvalue weighted by Crippen LogP contribution is -2.35. The Morgan fingerprint density at radius 1 is 1.05 bits per heavy atom. The number of hydrogen-bond donors (Lipinski definition) is 1. The molecule has 2 aromatic heterocycles. The van der Waals surface area contributed by atoms with E-state index >= 15 is 0 Å². The van der Waals surface area contributed by atoms with Crippen LogP contribution in [0.4, 0.5) is 29.2 Å². The first kappa shape index (κ1) is 26.7. The van der Waals surface area contributed by atoms with Gasteiger partial charge in [-0.2, -0.15) is 13.2 Å². The number of halogens is 5. The van der Waals surface area contributed by atoms with E-state index in [1.54, 1.807) is 7.05 Å². The molecule has 0 atom stereocenters. The van der Waals surface area contributed by atoms with Crippen LogP contribution in [0.1, 0.15) is 43.0 Å². The molecule has 7 nitrogen and oxygen atoms in total. The summed E-state index contributed by atoms with van der Waals surface area (Å²) >= 11 is 6.50. The van der Waals surface area contributed by atoms with Gasteiger partial charge < -0.3 is 19.7 Å². The van der Waals surface area contributed by atoms with E-state index in [1.165, 1.54) is 25.2 Å². The second kappa shape index (κ2) is 11.1. The van der Waals surface area contributed by atoms with Gasteiger partial charge >= 0.3 is 6.18 Å². The summed E-state index contributed by atoms with van der Waals surface area (Å²) in [6.07, 6.45) is 2.57. The quantitative estimate of drug-likeness (QED) is 0.382. The minimum Gasteiger partial charge on any atom is -0.372 e. The second-order valence-corrected chi connectivity index (χ2v) is 10.2. The van der Waals surface area contributed by atoms with E-state index in [9.17, 15) is 17.6 Å². The molecule has 2 aliphatic heterocycles. The maximum Gasteiger partial charge on any atom is 0.419 e. The molecule has 2 saturated heterocycles. The molecule has 0 radical (unpaired) electrons. The summed E-state index contributed by atoms with van der Waals surface area (Å²) in [6, 6.07) is 3.01. The summed E-state index contributed by atoms with van der Waals surface area (Å²) in [6.45, 7) is 5.14. The highest BCUT2D eigenvalue weighted by atomic mass is 35.5. The third-order valence-corrected chi connectivity index (χ3v) is 7.75. The molecule has 0 bridgehead atoms. The number of alkyl halides is 3. The van der Waals surface area contributed by atoms with Crippen LogP contribution < -0.4 is 10.2 Å². The fourth-order valence-corrected chi connectivity index (χ4v) is 5.65. The number of rotatable bonds is 7. The summed E-state index contributed by atoms with van der Waals surface area (Å²) in [5, 5.41) is 3.45. The Bertz CT molecular complexity index is 1260. The van der Waals surface area contributed by atoms with Crippen molar-refractivity contribution in [1.82, 2.24) is 24.4 Å². The van der Waals surface area contributed by atoms with Crippen LogP contribution in [0.2, 0.25) is 5.02 Å². The SMILES string of the molecule is CNc1ncnc(N2CCC(c3nc(-c4ccc(C(F)(F)F)c(F)c4)cn3CCN3CCCC3)CC2)c1Cl. The number of hydrogen-bond acceptors (Lipinski definition) is 6. The van der Waals surface area contributed by atoms with Crippen molar-refractivity contribution in [2.45, 2.75) is 44.3 Å². The van der Waals surface area contributed by atoms with Gasteiger partial charge in [0.25, 0.3) is 0 Å². The molecule has 0 unspecified atom stereocenters. The lowest BCUT2D eigenvalue weighted by Gasteiger charge is -2.33. The summed E-state index contributed by atoms with van der Waals surface area (Å²) < 4.78 is 55.7. The van der Waals surface area contributed by atoms with Gasteiger partial charge in [0, 0.05) is 50.9 Å². The molecule has 0 amide bonds. The normalized spacial score (nSPS) is 17.4. The Morgan fingerprint density at radius 2 is 1.79 bits per heavy atom. The van der Waals surface area contributed by atoms with E-state index in [4.69, 9.17) is 16.6 Å². The van der Waals surface area contributed by atoms with E-state index in [0.29, 0.717) is 41.0 Å². The van der Waals surface area contributed by atoms with Crippen molar-refractivity contribution >= 4 is 23.2 Å². The van der Waals surface area contributed by atoms with Crippen LogP contribution in [0.5, 0.6) is 0 Å². The molecule has 0 aliphatic carbocycles. The molecule has 0 spiro atoms. The molecule has 2 aliphatic rings. The van der Waals surface area contributed by atoms with Crippen LogP contribution in [0.15, 0.2) is 30.7 Å². The Kier molecular flexibility index (Phi) is 7.76. The zero-order chi connectivity index (χ0) is 26.9. The highest BCUT2D eigenvalue weighted by Gasteiger charge is 2.34. The van der Waals surface area contributed by atoms with Crippen molar-refractivity contribution in [3.63, 3.8) is 0 Å². The summed E-state index contributed by atoms with van der Waals surface area (Å²) in [4.78, 5) is 17.9. The molecular formula is C26H30ClF4N7. The van der Waals surface area contributed by atoms with Gasteiger partial charge in [0.2, 0.25) is 0 Å². The first-order valence-electron chi connectivity index (χ1n) is 12.8. The van der Waals surface area contributed by atoms with Gasteiger partial charge in [-0.25, -0.2) is 19.3 Å². The molecule has 0 saturated carbocycles. The molecule has 3 aromatic rings. The average Bonchev–Trinajstić information content (AvgIpc) is 3.57. The minimum atomic E-state index is -4.74. The number of nitrogens with zero attached hydrogens (tertiary/aromatic N) is 6. The number of imidazole rings is 1. The van der Waals surface area contributed by atoms with Crippen LogP contribution >= 0.6 is 11.6 Å². The minimum absolute atomic E-state index is 0.141. The smallest absolute Gasteiger partial charge is 0.372 e. The van der Waals surface area contributed by atoms with Crippen LogP contribution in [0, 0.1) is 5.82 Å². The fourth-order valence-electron chi connectivity index (χ4n) is 5.34. The highest BCUT2D eigenvalue weighted by Crippen LogP contribution is 2.36. The number of piperidine rings is 1. The number of benzene rings is 1. The predicted octanol–water partition coefficient (Wildman–Crippen LogP) is 5.67. The zero-order valence-corrected chi connectivity index (χ0v) is 21.9. The number of likely N-dealkylation sites (tertiary alicyclic amines) is 1. The molecule has 204 valence electrons. The van der Waals surface area contributed by atoms with E-state index in [0.717, 1.165) is 57.0 Å². The maximum absolute atomic E-state index is 14.3. The third-order valence-electron chi connectivity index (χ3n) is 7.40. The zero-order valence-electron chi connectivity index (χ0n) is 21.1. The first-order valence-corrected chi connectivity index (χ1v) is 13.2. The lowest BCUT2D eigenvalue weighted by molar-refractivity contribution is -0.139. The van der Waals surface area contributed by atoms with E-state index in [1.807, 2.05) is 6.20 Å². The fraction of sp³-hybridized carbons (Fsp3) is 0.500. The number of nitrogens with one attached hydrogen (secondary N) is 1. The van der Waals surface area contributed by atoms with Gasteiger partial charge in [-0.1, -0.05) is 17.7 Å². The third kappa shape index (κ3) is 5.58. The van der Waals surface area contributed by atoms with Gasteiger partial charge in [-0.05, 0) is 50.9 Å². The Balaban J connectivity index is 1.38. The van der Waals surface area contributed by atoms with Crippen LogP contribution in [-0.2, 0) is 12.7 Å². The van der Waals surface area contributed by atoms with E-state index in [-0.39, 0.29) is 5.92 Å². The largest absolute Gasteiger partial charge is 0.419 e. The van der Waals surface area contributed by atoms with Crippen LogP contribution in [0.3, 0.4) is 0 Å². The number of anilines is 2. The van der Waals surface area contributed by atoms with Crippen molar-refractivity contribution < 1.29 is 17.6 Å². The molecule has 38 heavy (non-hydrogen) atoms. The summed E-state index contributed by atoms with van der Waals surface area (Å²) in [7, 11) is 1.76. The van der Waals surface area contributed by atoms with Gasteiger partial charge in [-0.3, -0.25) is 0 Å². The molecule has 4 heterocycles. The topological polar surface area (TPSA) is 62.1 Å². The van der Waals surface area contributed by atoms with Crippen LogP contribution in [-0.4, -0.2) is 64.2 Å². The van der Waals surface area contributed by atoms with Gasteiger partial charge in [0.05, 0.1) is 11.3 Å². The Labute approximate surface area is 223 Å². The van der Waals surface area contributed by atoms with Crippen molar-refractivity contribution in [3.8, 4) is 11.3 Å². The van der Waals surface area contributed by atoms with Gasteiger partial charge in [0.1, 0.15) is 28.8 Å². The Hall–Kier alpha value is -2.92. The van der Waals surface area contributed by atoms with Gasteiger partial charge in [0.15, 0.2) is 5.82 Å². The van der Waals surface area contributed by atoms with Crippen molar-refractivity contribution in [2.75, 3.05) is 50.0 Å². The molecule has 5 rings (SSSR count). The van der Waals surface area contributed by atoms with Crippen molar-refractivity contribution in [1.29, 1.82) is 0 Å². The maximum atomic E-state index is 14.3. The van der Waals surface area contributed by atoms with E-state index < -0.39 is 17.6 Å². The standard InChI is InChI=1S/C26H30ClF4N7/c1-32-23-22(27)25(34-16-33-23)37-10-6-17(7-11-37)24-35-21(15-38(24)13-12-36-8-2-3-9-36)18-4-5-19(20(28)14-18)26(29,30)31/h4-5,14-17H,2-3,6-13H2,1H3,(H,32,33,34). The van der Waals surface area contributed by atoms with Crippen molar-refractivity contribution in [3.05, 3.63) is 53.0 Å². The molecular weight excluding hydrogens is 522 g/mol. The van der Waals surface area contributed by atoms with E-state index in [2.05, 4.69) is 29.7 Å². The molecule has 12 heteroatoms. The van der Waals surface area contributed by atoms with Crippen LogP contribution in [0.25, 0.3) is 11.3 Å². The lowest BCUT2D eigenvalue weighted by atomic mass is 9.96. The monoisotopic (exact) mass is 551 g/mol. The molecule has 2 fully saturated rings. The van der Waals surface area contributed by atoms with Gasteiger partial charge in [-0.15, -0.1) is 0 Å². The molecule has 1 aromatic carbocycles. The average molecular weight is 552 g/mol. The summed E-state index contributed by atoms with van der Waals surface area (Å²) in [5.41, 5.74) is -0.456. The summed E-state index contributed by atoms with van der Waals surface area (Å²) in [5.74, 6) is 0.984. The first-order chi connectivity index (χ1) is 18.2. The van der Waals surface area contributed by atoms with Crippen molar-refractivity contribution in [2.24, 2.45) is 0 Å². The highest BCUT2D eigenvalue weighted by molar-refractivity contribution is 6.35. The predicted molar refractivity (Wildman–Crippen MR) is 139 cm³/mol. The molecule has 1 N–H and O–H groups in total. The second-order valence-electron chi connectivity index (χ2n) is 9.79. The Morgan fingerprint density at radius 3 is 2.45 bits per heavy atom.